The van der Waals surface area contributed by atoms with Crippen LogP contribution in [0.25, 0.3) is 0 Å². The molecular formula is C11H25N. The van der Waals surface area contributed by atoms with Crippen LogP contribution >= 0.6 is 0 Å². The van der Waals surface area contributed by atoms with E-state index in [-0.39, 0.29) is 0 Å². The van der Waals surface area contributed by atoms with Gasteiger partial charge in [-0.05, 0) is 31.8 Å². The zero-order chi connectivity index (χ0) is 9.40. The molecule has 0 rings (SSSR count). The van der Waals surface area contributed by atoms with E-state index in [0.717, 1.165) is 5.92 Å². The fourth-order valence-electron chi connectivity index (χ4n) is 1.50. The Kier molecular flexibility index (Phi) is 7.58. The van der Waals surface area contributed by atoms with Gasteiger partial charge in [0.25, 0.3) is 0 Å². The van der Waals surface area contributed by atoms with Gasteiger partial charge in [0.15, 0.2) is 0 Å². The number of nitrogens with zero attached hydrogens (tertiary/aromatic N) is 1. The van der Waals surface area contributed by atoms with E-state index >= 15 is 0 Å². The summed E-state index contributed by atoms with van der Waals surface area (Å²) in [6.45, 7) is 13.0. The largest absolute Gasteiger partial charge is 0.303 e. The average Bonchev–Trinajstić information content (AvgIpc) is 2.05. The highest BCUT2D eigenvalue weighted by Gasteiger charge is 2.06. The third-order valence-corrected chi connectivity index (χ3v) is 2.35. The maximum absolute atomic E-state index is 2.59. The molecule has 1 atom stereocenters. The molecule has 0 heterocycles. The van der Waals surface area contributed by atoms with Crippen LogP contribution in [0.2, 0.25) is 0 Å². The second-order valence-corrected chi connectivity index (χ2v) is 3.81. The Labute approximate surface area is 78.1 Å². The van der Waals surface area contributed by atoms with Crippen molar-refractivity contribution >= 4 is 0 Å². The predicted octanol–water partition coefficient (Wildman–Crippen LogP) is 3.15. The highest BCUT2D eigenvalue weighted by molar-refractivity contribution is 4.60. The van der Waals surface area contributed by atoms with Gasteiger partial charge in [0.1, 0.15) is 0 Å². The highest BCUT2D eigenvalue weighted by Crippen LogP contribution is 2.05. The topological polar surface area (TPSA) is 3.24 Å². The van der Waals surface area contributed by atoms with Crippen molar-refractivity contribution in [2.75, 3.05) is 19.6 Å². The van der Waals surface area contributed by atoms with Crippen LogP contribution in [0.4, 0.5) is 0 Å². The molecule has 0 spiro atoms. The number of hydrogen-bond acceptors (Lipinski definition) is 1. The SMILES string of the molecule is CCCN(CCC)C[C@H](C)CC. The summed E-state index contributed by atoms with van der Waals surface area (Å²) in [5.41, 5.74) is 0. The van der Waals surface area contributed by atoms with Crippen molar-refractivity contribution in [3.63, 3.8) is 0 Å². The van der Waals surface area contributed by atoms with Crippen LogP contribution in [-0.4, -0.2) is 24.5 Å². The van der Waals surface area contributed by atoms with Crippen molar-refractivity contribution in [3.8, 4) is 0 Å². The molecule has 0 aromatic rings. The van der Waals surface area contributed by atoms with Gasteiger partial charge in [-0.1, -0.05) is 34.1 Å². The summed E-state index contributed by atoms with van der Waals surface area (Å²) in [6.07, 6.45) is 3.89. The van der Waals surface area contributed by atoms with Gasteiger partial charge in [0.2, 0.25) is 0 Å². The van der Waals surface area contributed by atoms with Gasteiger partial charge in [-0.2, -0.15) is 0 Å². The normalized spacial score (nSPS) is 13.8. The first-order valence-corrected chi connectivity index (χ1v) is 5.46. The molecule has 74 valence electrons. The van der Waals surface area contributed by atoms with Crippen LogP contribution in [0, 0.1) is 5.92 Å². The van der Waals surface area contributed by atoms with Crippen molar-refractivity contribution in [1.82, 2.24) is 4.90 Å². The Hall–Kier alpha value is -0.0400. The summed E-state index contributed by atoms with van der Waals surface area (Å²) in [5, 5.41) is 0. The molecule has 0 radical (unpaired) electrons. The van der Waals surface area contributed by atoms with Gasteiger partial charge in [-0.3, -0.25) is 0 Å². The summed E-state index contributed by atoms with van der Waals surface area (Å²) in [7, 11) is 0. The zero-order valence-corrected chi connectivity index (χ0v) is 9.27. The van der Waals surface area contributed by atoms with Gasteiger partial charge in [-0.25, -0.2) is 0 Å². The molecule has 0 aliphatic carbocycles. The maximum Gasteiger partial charge on any atom is 0.000691 e. The third-order valence-electron chi connectivity index (χ3n) is 2.35. The standard InChI is InChI=1S/C11H25N/c1-5-8-12(9-6-2)10-11(4)7-3/h11H,5-10H2,1-4H3/t11-/m1/s1. The number of rotatable bonds is 7. The Morgan fingerprint density at radius 1 is 1.00 bits per heavy atom. The lowest BCUT2D eigenvalue weighted by atomic mass is 10.1. The molecule has 1 heteroatoms. The summed E-state index contributed by atoms with van der Waals surface area (Å²) < 4.78 is 0. The van der Waals surface area contributed by atoms with E-state index in [4.69, 9.17) is 0 Å². The van der Waals surface area contributed by atoms with E-state index < -0.39 is 0 Å². The quantitative estimate of drug-likeness (QED) is 0.569. The fraction of sp³-hybridized carbons (Fsp3) is 1.00. The molecule has 0 aliphatic heterocycles. The summed E-state index contributed by atoms with van der Waals surface area (Å²) >= 11 is 0. The zero-order valence-electron chi connectivity index (χ0n) is 9.27. The van der Waals surface area contributed by atoms with Crippen LogP contribution in [0.1, 0.15) is 47.0 Å². The van der Waals surface area contributed by atoms with Crippen molar-refractivity contribution in [2.24, 2.45) is 5.92 Å². The minimum absolute atomic E-state index is 0.864. The smallest absolute Gasteiger partial charge is 0.000691 e. The molecular weight excluding hydrogens is 146 g/mol. The van der Waals surface area contributed by atoms with Gasteiger partial charge in [0.05, 0.1) is 0 Å². The van der Waals surface area contributed by atoms with Gasteiger partial charge in [-0.15, -0.1) is 0 Å². The van der Waals surface area contributed by atoms with Crippen LogP contribution in [0.5, 0.6) is 0 Å². The lowest BCUT2D eigenvalue weighted by molar-refractivity contribution is 0.235. The van der Waals surface area contributed by atoms with E-state index in [1.807, 2.05) is 0 Å². The van der Waals surface area contributed by atoms with Crippen LogP contribution in [-0.2, 0) is 0 Å². The highest BCUT2D eigenvalue weighted by atomic mass is 15.1. The summed E-state index contributed by atoms with van der Waals surface area (Å²) in [6, 6.07) is 0. The second-order valence-electron chi connectivity index (χ2n) is 3.81. The lowest BCUT2D eigenvalue weighted by Crippen LogP contribution is -2.29. The minimum atomic E-state index is 0.864. The maximum atomic E-state index is 2.59. The van der Waals surface area contributed by atoms with Crippen LogP contribution < -0.4 is 0 Å². The number of hydrogen-bond donors (Lipinski definition) is 0. The summed E-state index contributed by atoms with van der Waals surface area (Å²) in [4.78, 5) is 2.59. The van der Waals surface area contributed by atoms with Crippen molar-refractivity contribution in [2.45, 2.75) is 47.0 Å². The van der Waals surface area contributed by atoms with Crippen LogP contribution in [0.3, 0.4) is 0 Å². The molecule has 0 bridgehead atoms. The first-order chi connectivity index (χ1) is 5.74. The molecule has 0 aromatic carbocycles. The van der Waals surface area contributed by atoms with E-state index in [1.165, 1.54) is 38.9 Å². The van der Waals surface area contributed by atoms with E-state index in [0.29, 0.717) is 0 Å². The van der Waals surface area contributed by atoms with E-state index in [1.54, 1.807) is 0 Å². The van der Waals surface area contributed by atoms with E-state index in [2.05, 4.69) is 32.6 Å². The molecule has 0 fully saturated rings. The Balaban J connectivity index is 3.61. The molecule has 0 aliphatic rings. The van der Waals surface area contributed by atoms with Gasteiger partial charge in [0, 0.05) is 6.54 Å². The van der Waals surface area contributed by atoms with Gasteiger partial charge >= 0.3 is 0 Å². The molecule has 1 nitrogen and oxygen atoms in total. The summed E-state index contributed by atoms with van der Waals surface area (Å²) in [5.74, 6) is 0.864. The molecule has 0 saturated carbocycles. The van der Waals surface area contributed by atoms with Crippen molar-refractivity contribution in [1.29, 1.82) is 0 Å². The molecule has 0 aromatic heterocycles. The minimum Gasteiger partial charge on any atom is -0.303 e. The second kappa shape index (κ2) is 7.60. The molecule has 12 heavy (non-hydrogen) atoms. The first-order valence-electron chi connectivity index (χ1n) is 5.46. The van der Waals surface area contributed by atoms with E-state index in [9.17, 15) is 0 Å². The average molecular weight is 171 g/mol. The predicted molar refractivity (Wildman–Crippen MR) is 56.5 cm³/mol. The van der Waals surface area contributed by atoms with Gasteiger partial charge < -0.3 is 4.90 Å². The molecule has 0 N–H and O–H groups in total. The first kappa shape index (κ1) is 12.0. The Bertz CT molecular complexity index is 85.0. The van der Waals surface area contributed by atoms with Crippen LogP contribution in [0.15, 0.2) is 0 Å². The third kappa shape index (κ3) is 5.59. The monoisotopic (exact) mass is 171 g/mol. The molecule has 0 saturated heterocycles. The lowest BCUT2D eigenvalue weighted by Gasteiger charge is -2.23. The van der Waals surface area contributed by atoms with Crippen molar-refractivity contribution in [3.05, 3.63) is 0 Å². The molecule has 0 amide bonds. The Morgan fingerprint density at radius 3 is 1.83 bits per heavy atom. The fourth-order valence-corrected chi connectivity index (χ4v) is 1.50. The van der Waals surface area contributed by atoms with Crippen molar-refractivity contribution < 1.29 is 0 Å². The Morgan fingerprint density at radius 2 is 1.50 bits per heavy atom. The molecule has 0 unspecified atom stereocenters.